The minimum Gasteiger partial charge on any atom is -0.545 e. The summed E-state index contributed by atoms with van der Waals surface area (Å²) in [7, 11) is 0. The molecule has 0 aliphatic carbocycles. The molecular formula is C10H6Cl3O2-. The van der Waals surface area contributed by atoms with Crippen LogP contribution in [0, 0.1) is 0 Å². The fraction of sp³-hybridized carbons (Fsp3) is 0.100. The molecule has 0 aliphatic rings. The van der Waals surface area contributed by atoms with Gasteiger partial charge in [0.25, 0.3) is 0 Å². The number of hydrogen-bond donors (Lipinski definition) is 0. The number of carboxylic acid groups (broad SMARTS) is 1. The van der Waals surface area contributed by atoms with Crippen LogP contribution in [0.15, 0.2) is 17.7 Å². The number of carbonyl (C=O) groups is 1. The molecule has 0 atom stereocenters. The van der Waals surface area contributed by atoms with Crippen LogP contribution in [0.2, 0.25) is 15.1 Å². The van der Waals surface area contributed by atoms with Crippen LogP contribution in [0.1, 0.15) is 12.5 Å². The van der Waals surface area contributed by atoms with Crippen LogP contribution in [0.3, 0.4) is 0 Å². The number of carbonyl (C=O) groups excluding carboxylic acids is 1. The Morgan fingerprint density at radius 2 is 1.87 bits per heavy atom. The van der Waals surface area contributed by atoms with Crippen molar-refractivity contribution in [2.24, 2.45) is 0 Å². The van der Waals surface area contributed by atoms with Gasteiger partial charge in [-0.2, -0.15) is 0 Å². The van der Waals surface area contributed by atoms with Gasteiger partial charge in [-0.15, -0.1) is 0 Å². The number of hydrogen-bond acceptors (Lipinski definition) is 2. The SMILES string of the molecule is C/C(=C\c1ccc(Cl)c(Cl)c1Cl)C(=O)[O-]. The second-order valence-electron chi connectivity index (χ2n) is 2.88. The van der Waals surface area contributed by atoms with E-state index in [1.54, 1.807) is 12.1 Å². The maximum Gasteiger partial charge on any atom is 0.0784 e. The van der Waals surface area contributed by atoms with Crippen LogP contribution >= 0.6 is 34.8 Å². The van der Waals surface area contributed by atoms with Crippen molar-refractivity contribution in [2.75, 3.05) is 0 Å². The van der Waals surface area contributed by atoms with Gasteiger partial charge in [0, 0.05) is 0 Å². The van der Waals surface area contributed by atoms with E-state index in [0.717, 1.165) is 0 Å². The van der Waals surface area contributed by atoms with Gasteiger partial charge in [0.2, 0.25) is 0 Å². The molecule has 80 valence electrons. The highest BCUT2D eigenvalue weighted by Gasteiger charge is 2.07. The Hall–Kier alpha value is -0.700. The molecule has 5 heteroatoms. The van der Waals surface area contributed by atoms with Crippen molar-refractivity contribution < 1.29 is 9.90 Å². The molecule has 1 rings (SSSR count). The molecule has 0 spiro atoms. The summed E-state index contributed by atoms with van der Waals surface area (Å²) < 4.78 is 0. The van der Waals surface area contributed by atoms with Crippen LogP contribution in [0.25, 0.3) is 6.08 Å². The van der Waals surface area contributed by atoms with Crippen molar-refractivity contribution in [1.82, 2.24) is 0 Å². The number of rotatable bonds is 2. The fourth-order valence-electron chi connectivity index (χ4n) is 0.944. The molecule has 1 aromatic carbocycles. The summed E-state index contributed by atoms with van der Waals surface area (Å²) in [6.45, 7) is 1.41. The Morgan fingerprint density at radius 3 is 2.40 bits per heavy atom. The lowest BCUT2D eigenvalue weighted by Gasteiger charge is -2.05. The molecule has 1 aromatic rings. The molecular weight excluding hydrogens is 258 g/mol. The lowest BCUT2D eigenvalue weighted by atomic mass is 10.1. The van der Waals surface area contributed by atoms with Crippen molar-refractivity contribution in [1.29, 1.82) is 0 Å². The van der Waals surface area contributed by atoms with Gasteiger partial charge in [0.15, 0.2) is 0 Å². The van der Waals surface area contributed by atoms with Crippen molar-refractivity contribution in [3.8, 4) is 0 Å². The molecule has 0 aromatic heterocycles. The first-order valence-corrected chi connectivity index (χ1v) is 5.10. The van der Waals surface area contributed by atoms with E-state index in [1.165, 1.54) is 13.0 Å². The summed E-state index contributed by atoms with van der Waals surface area (Å²) >= 11 is 17.4. The van der Waals surface area contributed by atoms with Crippen LogP contribution < -0.4 is 5.11 Å². The Morgan fingerprint density at radius 1 is 1.27 bits per heavy atom. The second kappa shape index (κ2) is 4.88. The molecule has 0 aliphatic heterocycles. The largest absolute Gasteiger partial charge is 0.545 e. The van der Waals surface area contributed by atoms with Gasteiger partial charge in [-0.3, -0.25) is 0 Å². The van der Waals surface area contributed by atoms with Gasteiger partial charge in [-0.1, -0.05) is 40.9 Å². The molecule has 0 saturated carbocycles. The van der Waals surface area contributed by atoms with E-state index in [1.807, 2.05) is 0 Å². The number of benzene rings is 1. The van der Waals surface area contributed by atoms with E-state index in [4.69, 9.17) is 34.8 Å². The summed E-state index contributed by atoms with van der Waals surface area (Å²) in [6, 6.07) is 3.13. The fourth-order valence-corrected chi connectivity index (χ4v) is 1.54. The Bertz CT molecular complexity index is 439. The maximum absolute atomic E-state index is 10.5. The average molecular weight is 265 g/mol. The van der Waals surface area contributed by atoms with Gasteiger partial charge in [-0.05, 0) is 30.2 Å². The van der Waals surface area contributed by atoms with Crippen LogP contribution in [0.5, 0.6) is 0 Å². The first kappa shape index (κ1) is 12.4. The molecule has 0 unspecified atom stereocenters. The molecule has 0 amide bonds. The average Bonchev–Trinajstić information content (AvgIpc) is 2.18. The van der Waals surface area contributed by atoms with E-state index < -0.39 is 5.97 Å². The summed E-state index contributed by atoms with van der Waals surface area (Å²) in [6.07, 6.45) is 1.37. The molecule has 0 fully saturated rings. The quantitative estimate of drug-likeness (QED) is 0.609. The highest BCUT2D eigenvalue weighted by Crippen LogP contribution is 2.33. The van der Waals surface area contributed by atoms with E-state index in [9.17, 15) is 9.90 Å². The number of aliphatic carboxylic acids is 1. The third-order valence-corrected chi connectivity index (χ3v) is 3.07. The third-order valence-electron chi connectivity index (χ3n) is 1.76. The Kier molecular flexibility index (Phi) is 4.03. The van der Waals surface area contributed by atoms with E-state index in [-0.39, 0.29) is 15.6 Å². The second-order valence-corrected chi connectivity index (χ2v) is 4.04. The smallest absolute Gasteiger partial charge is 0.0784 e. The van der Waals surface area contributed by atoms with Gasteiger partial charge in [-0.25, -0.2) is 0 Å². The van der Waals surface area contributed by atoms with Crippen molar-refractivity contribution in [3.05, 3.63) is 38.3 Å². The molecule has 0 radical (unpaired) electrons. The Labute approximate surface area is 102 Å². The van der Waals surface area contributed by atoms with Gasteiger partial charge < -0.3 is 9.90 Å². The van der Waals surface area contributed by atoms with Crippen molar-refractivity contribution in [3.63, 3.8) is 0 Å². The zero-order chi connectivity index (χ0) is 11.6. The standard InChI is InChI=1S/C10H7Cl3O2/c1-5(10(14)15)4-6-2-3-7(11)9(13)8(6)12/h2-4H,1H3,(H,14,15)/p-1/b5-4+. The topological polar surface area (TPSA) is 40.1 Å². The molecule has 0 heterocycles. The Balaban J connectivity index is 3.23. The summed E-state index contributed by atoms with van der Waals surface area (Å²) in [5.74, 6) is -1.25. The normalized spacial score (nSPS) is 11.6. The molecule has 0 saturated heterocycles. The molecule has 2 nitrogen and oxygen atoms in total. The van der Waals surface area contributed by atoms with E-state index in [2.05, 4.69) is 0 Å². The van der Waals surface area contributed by atoms with Crippen LogP contribution in [0.4, 0.5) is 0 Å². The van der Waals surface area contributed by atoms with Crippen LogP contribution in [-0.4, -0.2) is 5.97 Å². The zero-order valence-electron chi connectivity index (χ0n) is 7.68. The first-order valence-electron chi connectivity index (χ1n) is 3.96. The van der Waals surface area contributed by atoms with E-state index in [0.29, 0.717) is 10.6 Å². The molecule has 0 N–H and O–H groups in total. The lowest BCUT2D eigenvalue weighted by molar-refractivity contribution is -0.299. The van der Waals surface area contributed by atoms with Crippen molar-refractivity contribution in [2.45, 2.75) is 6.92 Å². The lowest BCUT2D eigenvalue weighted by Crippen LogP contribution is -2.22. The zero-order valence-corrected chi connectivity index (χ0v) is 9.95. The highest BCUT2D eigenvalue weighted by molar-refractivity contribution is 6.48. The predicted octanol–water partition coefficient (Wildman–Crippen LogP) is 2.80. The number of halogens is 3. The van der Waals surface area contributed by atoms with Crippen molar-refractivity contribution >= 4 is 46.8 Å². The van der Waals surface area contributed by atoms with Crippen LogP contribution in [-0.2, 0) is 4.79 Å². The van der Waals surface area contributed by atoms with E-state index >= 15 is 0 Å². The third kappa shape index (κ3) is 2.88. The first-order chi connectivity index (χ1) is 6.93. The minimum atomic E-state index is -1.25. The summed E-state index contributed by atoms with van der Waals surface area (Å²) in [4.78, 5) is 10.5. The minimum absolute atomic E-state index is 0.0651. The molecule has 15 heavy (non-hydrogen) atoms. The summed E-state index contributed by atoms with van der Waals surface area (Å²) in [5.41, 5.74) is 0.558. The highest BCUT2D eigenvalue weighted by atomic mass is 35.5. The maximum atomic E-state index is 10.5. The number of carboxylic acids is 1. The van der Waals surface area contributed by atoms with Gasteiger partial charge >= 0.3 is 0 Å². The monoisotopic (exact) mass is 263 g/mol. The molecule has 0 bridgehead atoms. The van der Waals surface area contributed by atoms with Gasteiger partial charge in [0.05, 0.1) is 21.0 Å². The predicted molar refractivity (Wildman–Crippen MR) is 60.1 cm³/mol. The summed E-state index contributed by atoms with van der Waals surface area (Å²) in [5, 5.41) is 11.2. The van der Waals surface area contributed by atoms with Gasteiger partial charge in [0.1, 0.15) is 0 Å².